The highest BCUT2D eigenvalue weighted by molar-refractivity contribution is 8.00. The van der Waals surface area contributed by atoms with Gasteiger partial charge in [0.2, 0.25) is 5.91 Å². The van der Waals surface area contributed by atoms with Crippen LogP contribution in [-0.4, -0.2) is 24.2 Å². The maximum absolute atomic E-state index is 12.8. The number of thioether (sulfide) groups is 1. The van der Waals surface area contributed by atoms with Crippen molar-refractivity contribution in [3.05, 3.63) is 59.1 Å². The summed E-state index contributed by atoms with van der Waals surface area (Å²) in [5.41, 5.74) is 2.42. The fourth-order valence-electron chi connectivity index (χ4n) is 3.79. The Morgan fingerprint density at radius 3 is 2.52 bits per heavy atom. The Morgan fingerprint density at radius 2 is 1.90 bits per heavy atom. The fraction of sp³-hybridized carbons (Fsp3) is 0.458. The zero-order valence-corrected chi connectivity index (χ0v) is 19.1. The molecule has 1 heterocycles. The normalized spacial score (nSPS) is 18.9. The van der Waals surface area contributed by atoms with Crippen molar-refractivity contribution in [2.75, 3.05) is 18.0 Å². The van der Waals surface area contributed by atoms with Gasteiger partial charge >= 0.3 is 0 Å². The minimum Gasteiger partial charge on any atom is -0.371 e. The highest BCUT2D eigenvalue weighted by Gasteiger charge is 2.21. The lowest BCUT2D eigenvalue weighted by Crippen LogP contribution is -2.35. The quantitative estimate of drug-likeness (QED) is 0.521. The number of benzene rings is 2. The van der Waals surface area contributed by atoms with E-state index < -0.39 is 0 Å². The zero-order chi connectivity index (χ0) is 20.8. The molecule has 1 fully saturated rings. The monoisotopic (exact) mass is 430 g/mol. The Labute approximate surface area is 184 Å². The van der Waals surface area contributed by atoms with E-state index in [1.165, 1.54) is 18.5 Å². The van der Waals surface area contributed by atoms with Crippen LogP contribution in [0.1, 0.15) is 51.6 Å². The van der Waals surface area contributed by atoms with E-state index in [4.69, 9.17) is 11.6 Å². The van der Waals surface area contributed by atoms with Crippen molar-refractivity contribution in [2.45, 2.75) is 56.2 Å². The first kappa shape index (κ1) is 22.0. The summed E-state index contributed by atoms with van der Waals surface area (Å²) in [6.45, 7) is 8.69. The van der Waals surface area contributed by atoms with Gasteiger partial charge in [-0.15, -0.1) is 11.8 Å². The summed E-state index contributed by atoms with van der Waals surface area (Å²) in [6, 6.07) is 16.3. The molecule has 0 aliphatic carbocycles. The molecule has 3 atom stereocenters. The summed E-state index contributed by atoms with van der Waals surface area (Å²) in [4.78, 5) is 16.3. The van der Waals surface area contributed by atoms with Gasteiger partial charge in [-0.3, -0.25) is 4.79 Å². The van der Waals surface area contributed by atoms with Crippen LogP contribution in [0.25, 0.3) is 0 Å². The highest BCUT2D eigenvalue weighted by atomic mass is 35.5. The Kier molecular flexibility index (Phi) is 7.91. The summed E-state index contributed by atoms with van der Waals surface area (Å²) in [5.74, 6) is 0.833. The SMILES string of the molecule is CC[C@H](Sc1ccc(Cl)cc1)C(=O)N[C@H](C)c1ccc(N2CCC[C@H](C)C2)cc1. The number of hydrogen-bond acceptors (Lipinski definition) is 3. The number of carbonyl (C=O) groups excluding carboxylic acids is 1. The van der Waals surface area contributed by atoms with Gasteiger partial charge in [0, 0.05) is 28.7 Å². The van der Waals surface area contributed by atoms with Crippen LogP contribution in [0.3, 0.4) is 0 Å². The molecule has 3 rings (SSSR count). The van der Waals surface area contributed by atoms with Crippen molar-refractivity contribution in [2.24, 2.45) is 5.92 Å². The number of hydrogen-bond donors (Lipinski definition) is 1. The molecular formula is C24H31ClN2OS. The molecule has 29 heavy (non-hydrogen) atoms. The van der Waals surface area contributed by atoms with E-state index in [0.29, 0.717) is 5.02 Å². The lowest BCUT2D eigenvalue weighted by Gasteiger charge is -2.33. The van der Waals surface area contributed by atoms with Gasteiger partial charge in [0.05, 0.1) is 11.3 Å². The summed E-state index contributed by atoms with van der Waals surface area (Å²) < 4.78 is 0. The molecule has 156 valence electrons. The van der Waals surface area contributed by atoms with Gasteiger partial charge in [0.1, 0.15) is 0 Å². The molecule has 0 spiro atoms. The topological polar surface area (TPSA) is 32.3 Å². The number of rotatable bonds is 7. The van der Waals surface area contributed by atoms with Crippen LogP contribution in [0, 0.1) is 5.92 Å². The third kappa shape index (κ3) is 6.16. The molecule has 1 amide bonds. The molecular weight excluding hydrogens is 400 g/mol. The van der Waals surface area contributed by atoms with E-state index in [2.05, 4.69) is 48.3 Å². The average molecular weight is 431 g/mol. The van der Waals surface area contributed by atoms with Crippen molar-refractivity contribution in [1.82, 2.24) is 5.32 Å². The van der Waals surface area contributed by atoms with Gasteiger partial charge in [0.25, 0.3) is 0 Å². The van der Waals surface area contributed by atoms with Gasteiger partial charge in [0.15, 0.2) is 0 Å². The van der Waals surface area contributed by atoms with E-state index in [1.807, 2.05) is 31.2 Å². The van der Waals surface area contributed by atoms with Crippen LogP contribution in [0.2, 0.25) is 5.02 Å². The van der Waals surface area contributed by atoms with E-state index in [-0.39, 0.29) is 17.2 Å². The smallest absolute Gasteiger partial charge is 0.233 e. The lowest BCUT2D eigenvalue weighted by molar-refractivity contribution is -0.121. The summed E-state index contributed by atoms with van der Waals surface area (Å²) in [6.07, 6.45) is 3.36. The molecule has 0 radical (unpaired) electrons. The lowest BCUT2D eigenvalue weighted by atomic mass is 9.99. The number of amides is 1. The average Bonchev–Trinajstić information content (AvgIpc) is 2.73. The Bertz CT molecular complexity index is 794. The summed E-state index contributed by atoms with van der Waals surface area (Å²) in [5, 5.41) is 3.78. The van der Waals surface area contributed by atoms with Crippen LogP contribution in [0.15, 0.2) is 53.4 Å². The largest absolute Gasteiger partial charge is 0.371 e. The molecule has 1 saturated heterocycles. The highest BCUT2D eigenvalue weighted by Crippen LogP contribution is 2.28. The zero-order valence-electron chi connectivity index (χ0n) is 17.5. The van der Waals surface area contributed by atoms with Crippen LogP contribution >= 0.6 is 23.4 Å². The summed E-state index contributed by atoms with van der Waals surface area (Å²) >= 11 is 7.54. The predicted molar refractivity (Wildman–Crippen MR) is 125 cm³/mol. The van der Waals surface area contributed by atoms with Crippen molar-refractivity contribution in [3.8, 4) is 0 Å². The van der Waals surface area contributed by atoms with Gasteiger partial charge in [-0.2, -0.15) is 0 Å². The Hall–Kier alpha value is -1.65. The van der Waals surface area contributed by atoms with Gasteiger partial charge in [-0.05, 0) is 74.1 Å². The molecule has 0 aromatic heterocycles. The number of nitrogens with zero attached hydrogens (tertiary/aromatic N) is 1. The first-order valence-electron chi connectivity index (χ1n) is 10.5. The predicted octanol–water partition coefficient (Wildman–Crippen LogP) is 6.32. The molecule has 1 aliphatic heterocycles. The molecule has 0 bridgehead atoms. The van der Waals surface area contributed by atoms with Crippen molar-refractivity contribution in [1.29, 1.82) is 0 Å². The minimum atomic E-state index is -0.118. The minimum absolute atomic E-state index is 0.0169. The summed E-state index contributed by atoms with van der Waals surface area (Å²) in [7, 11) is 0. The second-order valence-electron chi connectivity index (χ2n) is 7.98. The van der Waals surface area contributed by atoms with Crippen molar-refractivity contribution >= 4 is 35.0 Å². The van der Waals surface area contributed by atoms with Crippen LogP contribution in [0.5, 0.6) is 0 Å². The molecule has 0 saturated carbocycles. The van der Waals surface area contributed by atoms with E-state index in [1.54, 1.807) is 11.8 Å². The van der Waals surface area contributed by atoms with Gasteiger partial charge < -0.3 is 10.2 Å². The molecule has 1 aliphatic rings. The van der Waals surface area contributed by atoms with E-state index in [9.17, 15) is 4.79 Å². The van der Waals surface area contributed by atoms with Crippen LogP contribution in [0.4, 0.5) is 5.69 Å². The second-order valence-corrected chi connectivity index (χ2v) is 9.70. The molecule has 3 nitrogen and oxygen atoms in total. The molecule has 0 unspecified atom stereocenters. The Morgan fingerprint density at radius 1 is 1.21 bits per heavy atom. The van der Waals surface area contributed by atoms with Crippen LogP contribution < -0.4 is 10.2 Å². The number of piperidine rings is 1. The van der Waals surface area contributed by atoms with Gasteiger partial charge in [-0.1, -0.05) is 37.6 Å². The molecule has 1 N–H and O–H groups in total. The molecule has 5 heteroatoms. The number of anilines is 1. The van der Waals surface area contributed by atoms with E-state index >= 15 is 0 Å². The van der Waals surface area contributed by atoms with Gasteiger partial charge in [-0.25, -0.2) is 0 Å². The molecule has 2 aromatic carbocycles. The van der Waals surface area contributed by atoms with E-state index in [0.717, 1.165) is 35.9 Å². The number of halogens is 1. The van der Waals surface area contributed by atoms with Crippen LogP contribution in [-0.2, 0) is 4.79 Å². The second kappa shape index (κ2) is 10.4. The Balaban J connectivity index is 1.58. The third-order valence-corrected chi connectivity index (χ3v) is 7.16. The van der Waals surface area contributed by atoms with Crippen molar-refractivity contribution < 1.29 is 4.79 Å². The molecule has 2 aromatic rings. The number of carbonyl (C=O) groups is 1. The van der Waals surface area contributed by atoms with Crippen molar-refractivity contribution in [3.63, 3.8) is 0 Å². The third-order valence-electron chi connectivity index (χ3n) is 5.53. The first-order valence-corrected chi connectivity index (χ1v) is 11.8. The maximum atomic E-state index is 12.8. The maximum Gasteiger partial charge on any atom is 0.233 e. The standard InChI is InChI=1S/C24H31ClN2OS/c1-4-23(29-22-13-9-20(25)10-14-22)24(28)26-18(3)19-7-11-21(12-8-19)27-15-5-6-17(2)16-27/h7-14,17-18,23H,4-6,15-16H2,1-3H3,(H,26,28)/t17-,18+,23-/m0/s1. The first-order chi connectivity index (χ1) is 14.0. The fourth-order valence-corrected chi connectivity index (χ4v) is 4.88. The number of nitrogens with one attached hydrogen (secondary N) is 1.